The van der Waals surface area contributed by atoms with Gasteiger partial charge in [-0.05, 0) is 64.7 Å². The highest BCUT2D eigenvalue weighted by Crippen LogP contribution is 2.40. The van der Waals surface area contributed by atoms with E-state index in [2.05, 4.69) is 120 Å². The number of aromatic nitrogens is 3. The van der Waals surface area contributed by atoms with E-state index in [0.717, 1.165) is 49.7 Å². The molecular formula is C40H24ClN3. The number of nitrogens with zero attached hydrogens (tertiary/aromatic N) is 3. The largest absolute Gasteiger partial charge is 0.309 e. The van der Waals surface area contributed by atoms with Gasteiger partial charge in [0.1, 0.15) is 0 Å². The summed E-state index contributed by atoms with van der Waals surface area (Å²) in [5.74, 6) is 0.656. The molecule has 0 aliphatic carbocycles. The highest BCUT2D eigenvalue weighted by atomic mass is 35.5. The zero-order valence-corrected chi connectivity index (χ0v) is 24.3. The van der Waals surface area contributed by atoms with Crippen LogP contribution < -0.4 is 0 Å². The van der Waals surface area contributed by atoms with Crippen molar-refractivity contribution >= 4 is 65.9 Å². The number of rotatable bonds is 3. The summed E-state index contributed by atoms with van der Waals surface area (Å²) in [5.41, 5.74) is 7.22. The second kappa shape index (κ2) is 9.77. The molecular weight excluding hydrogens is 558 g/mol. The second-order valence-electron chi connectivity index (χ2n) is 11.2. The molecule has 0 aliphatic rings. The molecule has 9 rings (SSSR count). The zero-order valence-electron chi connectivity index (χ0n) is 23.6. The van der Waals surface area contributed by atoms with Gasteiger partial charge in [-0.3, -0.25) is 0 Å². The van der Waals surface area contributed by atoms with E-state index in [9.17, 15) is 0 Å². The second-order valence-corrected chi connectivity index (χ2v) is 11.6. The first-order valence-electron chi connectivity index (χ1n) is 14.7. The van der Waals surface area contributed by atoms with Crippen LogP contribution in [0, 0.1) is 0 Å². The summed E-state index contributed by atoms with van der Waals surface area (Å²) in [5, 5.41) is 8.68. The third-order valence-electron chi connectivity index (χ3n) is 8.62. The van der Waals surface area contributed by atoms with Gasteiger partial charge in [-0.25, -0.2) is 9.97 Å². The third kappa shape index (κ3) is 3.83. The fourth-order valence-electron chi connectivity index (χ4n) is 6.61. The molecule has 9 aromatic rings. The Morgan fingerprint density at radius 3 is 2.05 bits per heavy atom. The molecule has 7 aromatic carbocycles. The quantitative estimate of drug-likeness (QED) is 0.208. The minimum atomic E-state index is 0.656. The normalized spacial score (nSPS) is 11.8. The first-order chi connectivity index (χ1) is 21.7. The Morgan fingerprint density at radius 2 is 1.18 bits per heavy atom. The minimum absolute atomic E-state index is 0.656. The van der Waals surface area contributed by atoms with Crippen LogP contribution in [0.25, 0.3) is 82.6 Å². The number of hydrogen-bond donors (Lipinski definition) is 0. The first kappa shape index (κ1) is 25.0. The summed E-state index contributed by atoms with van der Waals surface area (Å²) in [6.07, 6.45) is 0. The summed E-state index contributed by atoms with van der Waals surface area (Å²) < 4.78 is 2.36. The predicted molar refractivity (Wildman–Crippen MR) is 185 cm³/mol. The van der Waals surface area contributed by atoms with Crippen LogP contribution in [0.5, 0.6) is 0 Å². The van der Waals surface area contributed by atoms with Crippen molar-refractivity contribution in [2.75, 3.05) is 0 Å². The molecule has 44 heavy (non-hydrogen) atoms. The maximum Gasteiger partial charge on any atom is 0.160 e. The third-order valence-corrected chi connectivity index (χ3v) is 8.93. The van der Waals surface area contributed by atoms with Crippen molar-refractivity contribution in [2.45, 2.75) is 0 Å². The molecule has 2 heterocycles. The van der Waals surface area contributed by atoms with Gasteiger partial charge in [0.05, 0.1) is 22.2 Å². The lowest BCUT2D eigenvalue weighted by atomic mass is 10.00. The number of para-hydroxylation sites is 2. The van der Waals surface area contributed by atoms with Crippen LogP contribution in [-0.4, -0.2) is 14.5 Å². The van der Waals surface area contributed by atoms with E-state index >= 15 is 0 Å². The van der Waals surface area contributed by atoms with Crippen LogP contribution >= 0.6 is 11.6 Å². The Bertz CT molecular complexity index is 2570. The Hall–Kier alpha value is -5.51. The number of hydrogen-bond acceptors (Lipinski definition) is 2. The van der Waals surface area contributed by atoms with Gasteiger partial charge in [-0.1, -0.05) is 109 Å². The molecule has 0 fully saturated rings. The first-order valence-corrected chi connectivity index (χ1v) is 15.1. The van der Waals surface area contributed by atoms with Gasteiger partial charge in [0, 0.05) is 43.4 Å². The van der Waals surface area contributed by atoms with Crippen molar-refractivity contribution in [3.8, 4) is 28.3 Å². The van der Waals surface area contributed by atoms with Crippen LogP contribution in [0.1, 0.15) is 0 Å². The molecule has 0 spiro atoms. The van der Waals surface area contributed by atoms with E-state index in [1.165, 1.54) is 27.1 Å². The highest BCUT2D eigenvalue weighted by Gasteiger charge is 2.18. The monoisotopic (exact) mass is 581 g/mol. The van der Waals surface area contributed by atoms with E-state index in [-0.39, 0.29) is 0 Å². The topological polar surface area (TPSA) is 30.7 Å². The van der Waals surface area contributed by atoms with Gasteiger partial charge in [-0.15, -0.1) is 0 Å². The van der Waals surface area contributed by atoms with Crippen molar-refractivity contribution in [3.05, 3.63) is 151 Å². The maximum atomic E-state index is 6.75. The summed E-state index contributed by atoms with van der Waals surface area (Å²) in [4.78, 5) is 10.2. The molecule has 3 nitrogen and oxygen atoms in total. The van der Waals surface area contributed by atoms with Crippen LogP contribution in [0.4, 0.5) is 0 Å². The average molecular weight is 582 g/mol. The molecule has 0 unspecified atom stereocenters. The van der Waals surface area contributed by atoms with Crippen LogP contribution in [-0.2, 0) is 0 Å². The van der Waals surface area contributed by atoms with Gasteiger partial charge < -0.3 is 4.57 Å². The Morgan fingerprint density at radius 1 is 0.477 bits per heavy atom. The minimum Gasteiger partial charge on any atom is -0.309 e. The van der Waals surface area contributed by atoms with Gasteiger partial charge in [0.25, 0.3) is 0 Å². The van der Waals surface area contributed by atoms with Crippen LogP contribution in [0.2, 0.25) is 5.02 Å². The number of halogens is 1. The fraction of sp³-hybridized carbons (Fsp3) is 0. The van der Waals surface area contributed by atoms with Crippen molar-refractivity contribution in [1.82, 2.24) is 14.5 Å². The summed E-state index contributed by atoms with van der Waals surface area (Å²) in [7, 11) is 0. The Balaban J connectivity index is 1.34. The number of fused-ring (bicyclic) bond motifs is 7. The van der Waals surface area contributed by atoms with E-state index < -0.39 is 0 Å². The zero-order chi connectivity index (χ0) is 29.2. The highest BCUT2D eigenvalue weighted by molar-refractivity contribution is 6.36. The number of benzene rings is 7. The predicted octanol–water partition coefficient (Wildman–Crippen LogP) is 11.0. The molecule has 206 valence electrons. The molecule has 0 N–H and O–H groups in total. The van der Waals surface area contributed by atoms with E-state index in [0.29, 0.717) is 10.8 Å². The lowest BCUT2D eigenvalue weighted by molar-refractivity contribution is 1.18. The summed E-state index contributed by atoms with van der Waals surface area (Å²) >= 11 is 6.75. The van der Waals surface area contributed by atoms with E-state index in [1.54, 1.807) is 0 Å². The van der Waals surface area contributed by atoms with E-state index in [1.807, 2.05) is 30.3 Å². The van der Waals surface area contributed by atoms with Gasteiger partial charge in [0.15, 0.2) is 5.82 Å². The Kier molecular flexibility index (Phi) is 5.56. The SMILES string of the molecule is Clc1cc(-c2nc(-c3ccc4c(c3)c3c5ccccc5ccc3n4-c3ccccc3)c3ccccc3n2)cc2ccccc12. The molecule has 0 aliphatic heterocycles. The van der Waals surface area contributed by atoms with Crippen LogP contribution in [0.15, 0.2) is 146 Å². The maximum absolute atomic E-state index is 6.75. The lowest BCUT2D eigenvalue weighted by Gasteiger charge is -2.11. The summed E-state index contributed by atoms with van der Waals surface area (Å²) in [6.45, 7) is 0. The van der Waals surface area contributed by atoms with Crippen molar-refractivity contribution < 1.29 is 0 Å². The van der Waals surface area contributed by atoms with Gasteiger partial charge >= 0.3 is 0 Å². The molecule has 2 aromatic heterocycles. The van der Waals surface area contributed by atoms with Crippen molar-refractivity contribution in [1.29, 1.82) is 0 Å². The van der Waals surface area contributed by atoms with Crippen molar-refractivity contribution in [2.24, 2.45) is 0 Å². The molecule has 0 radical (unpaired) electrons. The standard InChI is InChI=1S/C40H24ClN3/c41-34-24-28(22-26-11-5-6-14-30(26)34)40-42-35-17-9-8-16-32(35)39(43-40)27-19-20-36-33(23-27)38-31-15-7-4-10-25(31)18-21-37(38)44(36)29-12-2-1-3-13-29/h1-24H. The lowest BCUT2D eigenvalue weighted by Crippen LogP contribution is -1.96. The smallest absolute Gasteiger partial charge is 0.160 e. The van der Waals surface area contributed by atoms with E-state index in [4.69, 9.17) is 21.6 Å². The fourth-order valence-corrected chi connectivity index (χ4v) is 6.90. The molecule has 0 saturated carbocycles. The van der Waals surface area contributed by atoms with Gasteiger partial charge in [-0.2, -0.15) is 0 Å². The molecule has 0 atom stereocenters. The van der Waals surface area contributed by atoms with Gasteiger partial charge in [0.2, 0.25) is 0 Å². The molecule has 0 amide bonds. The summed E-state index contributed by atoms with van der Waals surface area (Å²) in [6, 6.07) is 50.9. The van der Waals surface area contributed by atoms with Crippen LogP contribution in [0.3, 0.4) is 0 Å². The molecule has 4 heteroatoms. The van der Waals surface area contributed by atoms with Crippen molar-refractivity contribution in [3.63, 3.8) is 0 Å². The molecule has 0 saturated heterocycles. The molecule has 0 bridgehead atoms. The Labute approximate surface area is 258 Å². The average Bonchev–Trinajstić information content (AvgIpc) is 3.42.